The molecule has 0 fully saturated rings. The lowest BCUT2D eigenvalue weighted by Crippen LogP contribution is -2.27. The van der Waals surface area contributed by atoms with E-state index in [-0.39, 0.29) is 22.7 Å². The van der Waals surface area contributed by atoms with Crippen LogP contribution in [0.3, 0.4) is 0 Å². The molecule has 0 saturated heterocycles. The highest BCUT2D eigenvalue weighted by Crippen LogP contribution is 2.35. The third-order valence-corrected chi connectivity index (χ3v) is 7.04. The van der Waals surface area contributed by atoms with E-state index in [1.165, 1.54) is 49.5 Å². The molecule has 0 heterocycles. The predicted molar refractivity (Wildman–Crippen MR) is 127 cm³/mol. The quantitative estimate of drug-likeness (QED) is 0.439. The molecule has 186 valence electrons. The van der Waals surface area contributed by atoms with Crippen molar-refractivity contribution in [2.24, 2.45) is 0 Å². The number of rotatable bonds is 8. The molecular weight excluding hydrogens is 481 g/mol. The van der Waals surface area contributed by atoms with E-state index in [0.29, 0.717) is 17.9 Å². The second-order valence-electron chi connectivity index (χ2n) is 7.83. The standard InChI is InChI=1S/C25H25F3N2O4S/c1-4-34-23-14-11-18(24(31)29-22-8-6-5-7-21(22)25(26,27)28)15-19(23)16-30(3)35(32,33)20-12-9-17(2)10-13-20/h5-15H,4,16H2,1-3H3,(H,29,31). The van der Waals surface area contributed by atoms with Gasteiger partial charge in [0.1, 0.15) is 5.75 Å². The van der Waals surface area contributed by atoms with Gasteiger partial charge in [0.05, 0.1) is 22.8 Å². The van der Waals surface area contributed by atoms with Gasteiger partial charge in [-0.05, 0) is 56.3 Å². The number of hydrogen-bond donors (Lipinski definition) is 1. The molecule has 0 aliphatic carbocycles. The molecule has 10 heteroatoms. The summed E-state index contributed by atoms with van der Waals surface area (Å²) in [7, 11) is -2.44. The molecule has 0 aromatic heterocycles. The van der Waals surface area contributed by atoms with Crippen LogP contribution < -0.4 is 10.1 Å². The van der Waals surface area contributed by atoms with E-state index in [2.05, 4.69) is 5.32 Å². The van der Waals surface area contributed by atoms with Gasteiger partial charge in [-0.25, -0.2) is 8.42 Å². The zero-order valence-corrected chi connectivity index (χ0v) is 20.2. The lowest BCUT2D eigenvalue weighted by molar-refractivity contribution is -0.136. The number of aryl methyl sites for hydroxylation is 1. The highest BCUT2D eigenvalue weighted by Gasteiger charge is 2.33. The maximum absolute atomic E-state index is 13.3. The Morgan fingerprint density at radius 1 is 1.03 bits per heavy atom. The Kier molecular flexibility index (Phi) is 7.86. The van der Waals surface area contributed by atoms with Gasteiger partial charge in [-0.15, -0.1) is 0 Å². The molecule has 3 rings (SSSR count). The van der Waals surface area contributed by atoms with Crippen molar-refractivity contribution in [3.63, 3.8) is 0 Å². The topological polar surface area (TPSA) is 75.7 Å². The third-order valence-electron chi connectivity index (χ3n) is 5.23. The van der Waals surface area contributed by atoms with E-state index in [0.717, 1.165) is 22.0 Å². The Morgan fingerprint density at radius 2 is 1.69 bits per heavy atom. The number of nitrogens with one attached hydrogen (secondary N) is 1. The number of para-hydroxylation sites is 1. The summed E-state index contributed by atoms with van der Waals surface area (Å²) >= 11 is 0. The van der Waals surface area contributed by atoms with Crippen molar-refractivity contribution in [2.45, 2.75) is 31.5 Å². The second kappa shape index (κ2) is 10.5. The van der Waals surface area contributed by atoms with Crippen LogP contribution in [0.4, 0.5) is 18.9 Å². The first kappa shape index (κ1) is 26.2. The number of nitrogens with zero attached hydrogens (tertiary/aromatic N) is 1. The first-order valence-corrected chi connectivity index (χ1v) is 12.1. The van der Waals surface area contributed by atoms with Crippen LogP contribution in [0.5, 0.6) is 5.75 Å². The van der Waals surface area contributed by atoms with Crippen molar-refractivity contribution in [3.05, 3.63) is 89.0 Å². The van der Waals surface area contributed by atoms with Gasteiger partial charge in [-0.3, -0.25) is 4.79 Å². The van der Waals surface area contributed by atoms with E-state index in [4.69, 9.17) is 4.74 Å². The Hall–Kier alpha value is -3.37. The number of benzene rings is 3. The molecule has 0 spiro atoms. The number of amides is 1. The molecule has 3 aromatic carbocycles. The minimum absolute atomic E-state index is 0.0570. The van der Waals surface area contributed by atoms with Crippen LogP contribution in [-0.2, 0) is 22.7 Å². The van der Waals surface area contributed by atoms with Crippen LogP contribution in [0.1, 0.15) is 34.0 Å². The monoisotopic (exact) mass is 506 g/mol. The fraction of sp³-hybridized carbons (Fsp3) is 0.240. The summed E-state index contributed by atoms with van der Waals surface area (Å²) in [5.41, 5.74) is 0.0161. The zero-order valence-electron chi connectivity index (χ0n) is 19.4. The molecule has 6 nitrogen and oxygen atoms in total. The molecular formula is C25H25F3N2O4S. The molecule has 0 aliphatic rings. The first-order valence-electron chi connectivity index (χ1n) is 10.7. The summed E-state index contributed by atoms with van der Waals surface area (Å²) in [5, 5.41) is 2.30. The number of alkyl halides is 3. The predicted octanol–water partition coefficient (Wildman–Crippen LogP) is 5.49. The number of anilines is 1. The van der Waals surface area contributed by atoms with Gasteiger partial charge in [0.15, 0.2) is 0 Å². The van der Waals surface area contributed by atoms with Crippen molar-refractivity contribution in [1.82, 2.24) is 4.31 Å². The van der Waals surface area contributed by atoms with Crippen LogP contribution in [0, 0.1) is 6.92 Å². The summed E-state index contributed by atoms with van der Waals surface area (Å²) < 4.78 is 72.6. The fourth-order valence-electron chi connectivity index (χ4n) is 3.39. The van der Waals surface area contributed by atoms with E-state index < -0.39 is 27.7 Å². The average Bonchev–Trinajstić information content (AvgIpc) is 2.80. The normalized spacial score (nSPS) is 12.0. The van der Waals surface area contributed by atoms with Crippen molar-refractivity contribution in [2.75, 3.05) is 19.0 Å². The molecule has 1 amide bonds. The van der Waals surface area contributed by atoms with Crippen molar-refractivity contribution >= 4 is 21.6 Å². The van der Waals surface area contributed by atoms with Crippen molar-refractivity contribution in [1.29, 1.82) is 0 Å². The molecule has 35 heavy (non-hydrogen) atoms. The average molecular weight is 507 g/mol. The van der Waals surface area contributed by atoms with Crippen LogP contribution in [0.25, 0.3) is 0 Å². The number of hydrogen-bond acceptors (Lipinski definition) is 4. The summed E-state index contributed by atoms with van der Waals surface area (Å²) in [6.45, 7) is 3.78. The summed E-state index contributed by atoms with van der Waals surface area (Å²) in [5.74, 6) is -0.402. The zero-order chi connectivity index (χ0) is 25.8. The van der Waals surface area contributed by atoms with Gasteiger partial charge in [0.25, 0.3) is 5.91 Å². The number of sulfonamides is 1. The fourth-order valence-corrected chi connectivity index (χ4v) is 4.54. The third kappa shape index (κ3) is 6.20. The molecule has 0 aliphatic heterocycles. The van der Waals surface area contributed by atoms with Crippen molar-refractivity contribution in [3.8, 4) is 5.75 Å². The van der Waals surface area contributed by atoms with Gasteiger partial charge in [0.2, 0.25) is 10.0 Å². The highest BCUT2D eigenvalue weighted by atomic mass is 32.2. The van der Waals surface area contributed by atoms with E-state index in [1.54, 1.807) is 19.1 Å². The maximum atomic E-state index is 13.3. The molecule has 1 N–H and O–H groups in total. The Morgan fingerprint density at radius 3 is 2.31 bits per heavy atom. The van der Waals surface area contributed by atoms with Crippen LogP contribution in [-0.4, -0.2) is 32.3 Å². The molecule has 0 radical (unpaired) electrons. The van der Waals surface area contributed by atoms with Gasteiger partial charge in [0, 0.05) is 24.7 Å². The highest BCUT2D eigenvalue weighted by molar-refractivity contribution is 7.89. The lowest BCUT2D eigenvalue weighted by Gasteiger charge is -2.20. The minimum Gasteiger partial charge on any atom is -0.494 e. The SMILES string of the molecule is CCOc1ccc(C(=O)Nc2ccccc2C(F)(F)F)cc1CN(C)S(=O)(=O)c1ccc(C)cc1. The van der Waals surface area contributed by atoms with Crippen LogP contribution in [0.2, 0.25) is 0 Å². The summed E-state index contributed by atoms with van der Waals surface area (Å²) in [6.07, 6.45) is -4.64. The minimum atomic E-state index is -4.64. The maximum Gasteiger partial charge on any atom is 0.418 e. The number of ether oxygens (including phenoxy) is 1. The Balaban J connectivity index is 1.90. The lowest BCUT2D eigenvalue weighted by atomic mass is 10.1. The van der Waals surface area contributed by atoms with Gasteiger partial charge < -0.3 is 10.1 Å². The van der Waals surface area contributed by atoms with Gasteiger partial charge in [-0.2, -0.15) is 17.5 Å². The smallest absolute Gasteiger partial charge is 0.418 e. The Labute approximate surface area is 202 Å². The first-order chi connectivity index (χ1) is 16.4. The molecule has 0 unspecified atom stereocenters. The van der Waals surface area contributed by atoms with Crippen LogP contribution in [0.15, 0.2) is 71.6 Å². The van der Waals surface area contributed by atoms with E-state index in [9.17, 15) is 26.4 Å². The van der Waals surface area contributed by atoms with Crippen LogP contribution >= 0.6 is 0 Å². The van der Waals surface area contributed by atoms with Crippen molar-refractivity contribution < 1.29 is 31.1 Å². The Bertz CT molecular complexity index is 1310. The summed E-state index contributed by atoms with van der Waals surface area (Å²) in [6, 6.07) is 15.4. The van der Waals surface area contributed by atoms with Gasteiger partial charge in [-0.1, -0.05) is 29.8 Å². The molecule has 0 atom stereocenters. The number of carbonyl (C=O) groups is 1. The molecule has 0 saturated carbocycles. The van der Waals surface area contributed by atoms with E-state index >= 15 is 0 Å². The second-order valence-corrected chi connectivity index (χ2v) is 9.87. The number of halogens is 3. The largest absolute Gasteiger partial charge is 0.494 e. The van der Waals surface area contributed by atoms with E-state index in [1.807, 2.05) is 6.92 Å². The van der Waals surface area contributed by atoms with Gasteiger partial charge >= 0.3 is 6.18 Å². The molecule has 3 aromatic rings. The molecule has 0 bridgehead atoms. The number of carbonyl (C=O) groups excluding carboxylic acids is 1. The summed E-state index contributed by atoms with van der Waals surface area (Å²) in [4.78, 5) is 12.9.